The lowest BCUT2D eigenvalue weighted by Crippen LogP contribution is -2.36. The van der Waals surface area contributed by atoms with Crippen LogP contribution in [-0.4, -0.2) is 29.5 Å². The van der Waals surface area contributed by atoms with Crippen molar-refractivity contribution in [2.24, 2.45) is 5.10 Å². The van der Waals surface area contributed by atoms with Crippen LogP contribution >= 0.6 is 0 Å². The number of rotatable bonds is 3. The van der Waals surface area contributed by atoms with E-state index < -0.39 is 11.7 Å². The van der Waals surface area contributed by atoms with E-state index in [2.05, 4.69) is 10.5 Å². The standard InChI is InChI=1S/C16H18F3N5/c17-16(18,19)12-6-5-7-13(10-12)22-23-14(11-20)15(21)24-8-3-1-2-4-9-24/h5-7,10,21-22H,1-4,8-9H2/b21-15?,23-14-. The Morgan fingerprint density at radius 1 is 1.21 bits per heavy atom. The monoisotopic (exact) mass is 337 g/mol. The fourth-order valence-corrected chi connectivity index (χ4v) is 2.46. The molecule has 0 aromatic heterocycles. The molecule has 1 aromatic carbocycles. The maximum atomic E-state index is 12.7. The minimum atomic E-state index is -4.45. The minimum absolute atomic E-state index is 0.00104. The van der Waals surface area contributed by atoms with Crippen molar-refractivity contribution in [3.05, 3.63) is 29.8 Å². The Morgan fingerprint density at radius 3 is 2.46 bits per heavy atom. The van der Waals surface area contributed by atoms with Gasteiger partial charge >= 0.3 is 6.18 Å². The first kappa shape index (κ1) is 17.8. The second-order valence-electron chi connectivity index (χ2n) is 5.51. The first-order chi connectivity index (χ1) is 11.4. The number of halogens is 3. The maximum absolute atomic E-state index is 12.7. The van der Waals surface area contributed by atoms with Crippen molar-refractivity contribution in [2.45, 2.75) is 31.9 Å². The summed E-state index contributed by atoms with van der Waals surface area (Å²) in [7, 11) is 0. The molecule has 1 saturated heterocycles. The molecule has 24 heavy (non-hydrogen) atoms. The Hall–Kier alpha value is -2.56. The molecular weight excluding hydrogens is 319 g/mol. The smallest absolute Gasteiger partial charge is 0.355 e. The molecule has 128 valence electrons. The lowest BCUT2D eigenvalue weighted by Gasteiger charge is -2.21. The molecule has 0 atom stereocenters. The van der Waals surface area contributed by atoms with Crippen LogP contribution in [0.5, 0.6) is 0 Å². The summed E-state index contributed by atoms with van der Waals surface area (Å²) in [6.07, 6.45) is -0.376. The Morgan fingerprint density at radius 2 is 1.88 bits per heavy atom. The van der Waals surface area contributed by atoms with Crippen LogP contribution in [0.4, 0.5) is 18.9 Å². The zero-order valence-electron chi connectivity index (χ0n) is 13.0. The van der Waals surface area contributed by atoms with Gasteiger partial charge in [0.2, 0.25) is 5.71 Å². The number of nitriles is 1. The molecule has 0 radical (unpaired) electrons. The summed E-state index contributed by atoms with van der Waals surface area (Å²) >= 11 is 0. The summed E-state index contributed by atoms with van der Waals surface area (Å²) in [5.41, 5.74) is 1.61. The third kappa shape index (κ3) is 4.72. The third-order valence-electron chi connectivity index (χ3n) is 3.74. The van der Waals surface area contributed by atoms with Gasteiger partial charge in [-0.15, -0.1) is 0 Å². The Bertz CT molecular complexity index is 652. The van der Waals surface area contributed by atoms with Crippen LogP contribution in [0, 0.1) is 16.7 Å². The quantitative estimate of drug-likeness (QED) is 0.500. The van der Waals surface area contributed by atoms with Crippen LogP contribution in [0.3, 0.4) is 0 Å². The summed E-state index contributed by atoms with van der Waals surface area (Å²) < 4.78 is 38.1. The molecular formula is C16H18F3N5. The lowest BCUT2D eigenvalue weighted by molar-refractivity contribution is -0.137. The van der Waals surface area contributed by atoms with Crippen molar-refractivity contribution in [1.82, 2.24) is 4.90 Å². The van der Waals surface area contributed by atoms with E-state index in [0.29, 0.717) is 13.1 Å². The van der Waals surface area contributed by atoms with Gasteiger partial charge in [-0.05, 0) is 31.0 Å². The molecule has 2 rings (SSSR count). The molecule has 2 N–H and O–H groups in total. The molecule has 0 aliphatic carbocycles. The molecule has 0 spiro atoms. The molecule has 0 unspecified atom stereocenters. The Labute approximate surface area is 138 Å². The molecule has 1 aliphatic rings. The van der Waals surface area contributed by atoms with Crippen LogP contribution in [0.2, 0.25) is 0 Å². The molecule has 1 aromatic rings. The highest BCUT2D eigenvalue weighted by molar-refractivity contribution is 6.46. The van der Waals surface area contributed by atoms with E-state index in [1.54, 1.807) is 4.90 Å². The number of hydrazone groups is 1. The zero-order valence-corrected chi connectivity index (χ0v) is 13.0. The molecule has 8 heteroatoms. The van der Waals surface area contributed by atoms with Crippen LogP contribution in [0.1, 0.15) is 31.2 Å². The Kier molecular flexibility index (Phi) is 5.79. The van der Waals surface area contributed by atoms with Gasteiger partial charge < -0.3 is 4.90 Å². The summed E-state index contributed by atoms with van der Waals surface area (Å²) in [4.78, 5) is 1.78. The van der Waals surface area contributed by atoms with Gasteiger partial charge in [0.1, 0.15) is 6.07 Å². The molecule has 0 bridgehead atoms. The zero-order chi connectivity index (χ0) is 17.6. The highest BCUT2D eigenvalue weighted by atomic mass is 19.4. The van der Waals surface area contributed by atoms with Crippen LogP contribution in [0.15, 0.2) is 29.4 Å². The van der Waals surface area contributed by atoms with E-state index in [0.717, 1.165) is 37.8 Å². The minimum Gasteiger partial charge on any atom is -0.355 e. The largest absolute Gasteiger partial charge is 0.416 e. The molecule has 0 saturated carbocycles. The maximum Gasteiger partial charge on any atom is 0.416 e. The summed E-state index contributed by atoms with van der Waals surface area (Å²) in [6, 6.07) is 6.38. The van der Waals surface area contributed by atoms with E-state index in [1.807, 2.05) is 6.07 Å². The van der Waals surface area contributed by atoms with Gasteiger partial charge in [-0.3, -0.25) is 10.8 Å². The second-order valence-corrected chi connectivity index (χ2v) is 5.51. The van der Waals surface area contributed by atoms with Crippen molar-refractivity contribution in [3.63, 3.8) is 0 Å². The average molecular weight is 337 g/mol. The molecule has 5 nitrogen and oxygen atoms in total. The van der Waals surface area contributed by atoms with E-state index in [1.165, 1.54) is 12.1 Å². The number of anilines is 1. The predicted molar refractivity (Wildman–Crippen MR) is 85.9 cm³/mol. The van der Waals surface area contributed by atoms with Crippen molar-refractivity contribution < 1.29 is 13.2 Å². The highest BCUT2D eigenvalue weighted by Crippen LogP contribution is 2.30. The highest BCUT2D eigenvalue weighted by Gasteiger charge is 2.30. The van der Waals surface area contributed by atoms with E-state index >= 15 is 0 Å². The first-order valence-corrected chi connectivity index (χ1v) is 7.67. The number of hydrogen-bond acceptors (Lipinski definition) is 4. The molecule has 1 aliphatic heterocycles. The average Bonchev–Trinajstić information content (AvgIpc) is 2.84. The number of likely N-dealkylation sites (tertiary alicyclic amines) is 1. The number of benzene rings is 1. The van der Waals surface area contributed by atoms with E-state index in [-0.39, 0.29) is 17.2 Å². The van der Waals surface area contributed by atoms with E-state index in [4.69, 9.17) is 5.41 Å². The van der Waals surface area contributed by atoms with Crippen molar-refractivity contribution in [2.75, 3.05) is 18.5 Å². The van der Waals surface area contributed by atoms with Gasteiger partial charge in [0.15, 0.2) is 5.84 Å². The predicted octanol–water partition coefficient (Wildman–Crippen LogP) is 3.85. The van der Waals surface area contributed by atoms with Crippen LogP contribution in [-0.2, 0) is 6.18 Å². The summed E-state index contributed by atoms with van der Waals surface area (Å²) in [6.45, 7) is 1.37. The second kappa shape index (κ2) is 7.81. The number of nitrogens with zero attached hydrogens (tertiary/aromatic N) is 3. The topological polar surface area (TPSA) is 75.3 Å². The van der Waals surface area contributed by atoms with E-state index in [9.17, 15) is 18.4 Å². The molecule has 1 fully saturated rings. The third-order valence-corrected chi connectivity index (χ3v) is 3.74. The molecule has 1 heterocycles. The fraction of sp³-hybridized carbons (Fsp3) is 0.438. The van der Waals surface area contributed by atoms with Gasteiger partial charge in [0.25, 0.3) is 0 Å². The Balaban J connectivity index is 2.11. The lowest BCUT2D eigenvalue weighted by atomic mass is 10.2. The number of nitrogens with one attached hydrogen (secondary N) is 2. The number of alkyl halides is 3. The van der Waals surface area contributed by atoms with Gasteiger partial charge in [-0.2, -0.15) is 23.5 Å². The van der Waals surface area contributed by atoms with Gasteiger partial charge in [-0.1, -0.05) is 18.9 Å². The SMILES string of the molecule is N#C/C(=N/Nc1cccc(C(F)(F)F)c1)C(=N)N1CCCCCC1. The van der Waals surface area contributed by atoms with Crippen molar-refractivity contribution >= 4 is 17.2 Å². The fourth-order valence-electron chi connectivity index (χ4n) is 2.46. The number of hydrogen-bond donors (Lipinski definition) is 2. The normalized spacial score (nSPS) is 16.2. The van der Waals surface area contributed by atoms with Crippen molar-refractivity contribution in [1.29, 1.82) is 10.7 Å². The first-order valence-electron chi connectivity index (χ1n) is 7.67. The van der Waals surface area contributed by atoms with Gasteiger partial charge in [0, 0.05) is 13.1 Å². The summed E-state index contributed by atoms with van der Waals surface area (Å²) in [5, 5.41) is 21.1. The summed E-state index contributed by atoms with van der Waals surface area (Å²) in [5.74, 6) is -0.00104. The number of amidine groups is 1. The van der Waals surface area contributed by atoms with Crippen molar-refractivity contribution in [3.8, 4) is 6.07 Å². The molecule has 0 amide bonds. The van der Waals surface area contributed by atoms with Gasteiger partial charge in [0.05, 0.1) is 11.3 Å². The van der Waals surface area contributed by atoms with Gasteiger partial charge in [-0.25, -0.2) is 0 Å². The van der Waals surface area contributed by atoms with Crippen LogP contribution in [0.25, 0.3) is 0 Å². The van der Waals surface area contributed by atoms with Crippen LogP contribution < -0.4 is 5.43 Å².